The van der Waals surface area contributed by atoms with Crippen molar-refractivity contribution in [2.24, 2.45) is 0 Å². The molecule has 1 N–H and O–H groups in total. The van der Waals surface area contributed by atoms with Crippen molar-refractivity contribution in [3.05, 3.63) is 45.8 Å². The molecule has 0 bridgehead atoms. The highest BCUT2D eigenvalue weighted by Gasteiger charge is 2.32. The fourth-order valence-corrected chi connectivity index (χ4v) is 3.26. The molecule has 1 fully saturated rings. The van der Waals surface area contributed by atoms with E-state index in [4.69, 9.17) is 9.26 Å². The van der Waals surface area contributed by atoms with Gasteiger partial charge in [0, 0.05) is 31.2 Å². The van der Waals surface area contributed by atoms with Gasteiger partial charge in [-0.1, -0.05) is 12.1 Å². The smallest absolute Gasteiger partial charge is 0.322 e. The number of nitrogens with zero attached hydrogens (tertiary/aromatic N) is 3. The van der Waals surface area contributed by atoms with Gasteiger partial charge in [0.1, 0.15) is 17.2 Å². The van der Waals surface area contributed by atoms with Gasteiger partial charge < -0.3 is 19.5 Å². The molecule has 1 aromatic carbocycles. The predicted octanol–water partition coefficient (Wildman–Crippen LogP) is 3.91. The number of carbonyl (C=O) groups excluding carboxylic acids is 1. The number of aryl methyl sites for hydroxylation is 1. The summed E-state index contributed by atoms with van der Waals surface area (Å²) in [6.07, 6.45) is 3.39. The Morgan fingerprint density at radius 3 is 3.00 bits per heavy atom. The fourth-order valence-electron chi connectivity index (χ4n) is 3.26. The molecule has 1 atom stereocenters. The van der Waals surface area contributed by atoms with E-state index in [0.717, 1.165) is 37.1 Å². The van der Waals surface area contributed by atoms with Crippen molar-refractivity contribution in [2.75, 3.05) is 19.0 Å². The number of carbonyl (C=O) groups is 1. The second kappa shape index (κ2) is 8.07. The van der Waals surface area contributed by atoms with Crippen LogP contribution in [0, 0.1) is 10.1 Å². The number of anilines is 1. The summed E-state index contributed by atoms with van der Waals surface area (Å²) in [5, 5.41) is 17.9. The van der Waals surface area contributed by atoms with Crippen molar-refractivity contribution in [3.63, 3.8) is 0 Å². The molecule has 9 heteroatoms. The third-order valence-electron chi connectivity index (χ3n) is 4.56. The molecule has 0 aliphatic carbocycles. The van der Waals surface area contributed by atoms with Crippen molar-refractivity contribution in [2.45, 2.75) is 38.6 Å². The summed E-state index contributed by atoms with van der Waals surface area (Å²) in [6, 6.07) is 5.45. The quantitative estimate of drug-likeness (QED) is 0.606. The maximum absolute atomic E-state index is 12.8. The van der Waals surface area contributed by atoms with Crippen LogP contribution in [0.3, 0.4) is 0 Å². The van der Waals surface area contributed by atoms with Gasteiger partial charge in [0.05, 0.1) is 23.8 Å². The number of methoxy groups -OCH3 is 1. The van der Waals surface area contributed by atoms with E-state index < -0.39 is 4.92 Å². The Morgan fingerprint density at radius 2 is 2.30 bits per heavy atom. The highest BCUT2D eigenvalue weighted by atomic mass is 16.6. The molecular formula is C18H22N4O5. The highest BCUT2D eigenvalue weighted by Crippen LogP contribution is 2.34. The number of benzene rings is 1. The molecule has 2 amide bonds. The first-order valence-electron chi connectivity index (χ1n) is 8.89. The zero-order valence-corrected chi connectivity index (χ0v) is 15.3. The summed E-state index contributed by atoms with van der Waals surface area (Å²) < 4.78 is 10.5. The second-order valence-corrected chi connectivity index (χ2v) is 6.39. The largest absolute Gasteiger partial charge is 0.495 e. The van der Waals surface area contributed by atoms with Crippen LogP contribution in [-0.2, 0) is 6.42 Å². The van der Waals surface area contributed by atoms with Crippen molar-refractivity contribution in [1.29, 1.82) is 0 Å². The van der Waals surface area contributed by atoms with Gasteiger partial charge in [0.2, 0.25) is 0 Å². The van der Waals surface area contributed by atoms with Crippen LogP contribution in [0.1, 0.15) is 43.7 Å². The lowest BCUT2D eigenvalue weighted by atomic mass is 10.1. The van der Waals surface area contributed by atoms with E-state index in [1.807, 2.05) is 6.07 Å². The number of amides is 2. The predicted molar refractivity (Wildman–Crippen MR) is 97.8 cm³/mol. The molecule has 1 aliphatic rings. The van der Waals surface area contributed by atoms with Crippen molar-refractivity contribution in [3.8, 4) is 5.75 Å². The average molecular weight is 374 g/mol. The number of hydrogen-bond donors (Lipinski definition) is 1. The molecule has 0 radical (unpaired) electrons. The second-order valence-electron chi connectivity index (χ2n) is 6.39. The van der Waals surface area contributed by atoms with E-state index in [9.17, 15) is 14.9 Å². The maximum atomic E-state index is 12.8. The van der Waals surface area contributed by atoms with E-state index in [1.54, 1.807) is 4.90 Å². The number of nitro groups is 1. The zero-order chi connectivity index (χ0) is 19.4. The van der Waals surface area contributed by atoms with Gasteiger partial charge in [0.15, 0.2) is 0 Å². The maximum Gasteiger partial charge on any atom is 0.322 e. The number of rotatable bonds is 6. The van der Waals surface area contributed by atoms with Crippen LogP contribution in [-0.4, -0.2) is 34.7 Å². The zero-order valence-electron chi connectivity index (χ0n) is 15.3. The average Bonchev–Trinajstić information content (AvgIpc) is 3.30. The van der Waals surface area contributed by atoms with Crippen LogP contribution in [0.15, 0.2) is 28.8 Å². The molecule has 0 spiro atoms. The van der Waals surface area contributed by atoms with E-state index in [-0.39, 0.29) is 23.4 Å². The van der Waals surface area contributed by atoms with Crippen molar-refractivity contribution in [1.82, 2.24) is 10.1 Å². The lowest BCUT2D eigenvalue weighted by Gasteiger charge is -2.23. The van der Waals surface area contributed by atoms with Gasteiger partial charge in [-0.15, -0.1) is 0 Å². The SMILES string of the molecule is CCCc1cc(C2CCCN2C(=O)Nc2cc([N+](=O)[O-])ccc2OC)no1. The molecular weight excluding hydrogens is 352 g/mol. The number of hydrogen-bond acceptors (Lipinski definition) is 6. The Hall–Kier alpha value is -3.10. The van der Waals surface area contributed by atoms with Gasteiger partial charge in [-0.05, 0) is 25.3 Å². The summed E-state index contributed by atoms with van der Waals surface area (Å²) in [5.74, 6) is 1.16. The molecule has 0 saturated carbocycles. The minimum atomic E-state index is -0.515. The summed E-state index contributed by atoms with van der Waals surface area (Å²) in [4.78, 5) is 25.0. The van der Waals surface area contributed by atoms with Crippen LogP contribution in [0.5, 0.6) is 5.75 Å². The number of nitro benzene ring substituents is 1. The van der Waals surface area contributed by atoms with Crippen LogP contribution >= 0.6 is 0 Å². The fraction of sp³-hybridized carbons (Fsp3) is 0.444. The normalized spacial score (nSPS) is 16.4. The Kier molecular flexibility index (Phi) is 5.58. The molecule has 1 unspecified atom stereocenters. The molecule has 144 valence electrons. The molecule has 1 aliphatic heterocycles. The Balaban J connectivity index is 1.78. The first-order valence-corrected chi connectivity index (χ1v) is 8.89. The van der Waals surface area contributed by atoms with Crippen molar-refractivity contribution >= 4 is 17.4 Å². The summed E-state index contributed by atoms with van der Waals surface area (Å²) >= 11 is 0. The third kappa shape index (κ3) is 4.02. The summed E-state index contributed by atoms with van der Waals surface area (Å²) in [7, 11) is 1.44. The topological polar surface area (TPSA) is 111 Å². The monoisotopic (exact) mass is 374 g/mol. The molecule has 2 heterocycles. The minimum absolute atomic E-state index is 0.121. The summed E-state index contributed by atoms with van der Waals surface area (Å²) in [6.45, 7) is 2.63. The standard InChI is InChI=1S/C18H22N4O5/c1-3-5-13-11-14(20-27-13)16-6-4-9-21(16)18(23)19-15-10-12(22(24)25)7-8-17(15)26-2/h7-8,10-11,16H,3-6,9H2,1-2H3,(H,19,23). The molecule has 9 nitrogen and oxygen atoms in total. The van der Waals surface area contributed by atoms with E-state index in [2.05, 4.69) is 17.4 Å². The lowest BCUT2D eigenvalue weighted by molar-refractivity contribution is -0.384. The number of non-ortho nitro benzene ring substituents is 1. The number of likely N-dealkylation sites (tertiary alicyclic amines) is 1. The van der Waals surface area contributed by atoms with Crippen LogP contribution in [0.25, 0.3) is 0 Å². The van der Waals surface area contributed by atoms with Crippen molar-refractivity contribution < 1.29 is 19.0 Å². The van der Waals surface area contributed by atoms with Gasteiger partial charge in [-0.25, -0.2) is 4.79 Å². The number of urea groups is 1. The Bertz CT molecular complexity index is 835. The lowest BCUT2D eigenvalue weighted by Crippen LogP contribution is -2.34. The first kappa shape index (κ1) is 18.7. The number of aromatic nitrogens is 1. The Morgan fingerprint density at radius 1 is 1.48 bits per heavy atom. The highest BCUT2D eigenvalue weighted by molar-refractivity contribution is 5.92. The molecule has 1 aromatic heterocycles. The molecule has 27 heavy (non-hydrogen) atoms. The van der Waals surface area contributed by atoms with E-state index in [0.29, 0.717) is 12.3 Å². The molecule has 3 rings (SSSR count). The minimum Gasteiger partial charge on any atom is -0.495 e. The first-order chi connectivity index (χ1) is 13.0. The molecule has 2 aromatic rings. The number of nitrogens with one attached hydrogen (secondary N) is 1. The van der Waals surface area contributed by atoms with Gasteiger partial charge in [-0.3, -0.25) is 10.1 Å². The third-order valence-corrected chi connectivity index (χ3v) is 4.56. The van der Waals surface area contributed by atoms with Crippen LogP contribution in [0.4, 0.5) is 16.2 Å². The van der Waals surface area contributed by atoms with Crippen LogP contribution in [0.2, 0.25) is 0 Å². The number of ether oxygens (including phenoxy) is 1. The van der Waals surface area contributed by atoms with E-state index in [1.165, 1.54) is 25.3 Å². The van der Waals surface area contributed by atoms with Gasteiger partial charge in [0.25, 0.3) is 5.69 Å². The van der Waals surface area contributed by atoms with Crippen LogP contribution < -0.4 is 10.1 Å². The van der Waals surface area contributed by atoms with E-state index >= 15 is 0 Å². The van der Waals surface area contributed by atoms with Gasteiger partial charge >= 0.3 is 6.03 Å². The van der Waals surface area contributed by atoms with Gasteiger partial charge in [-0.2, -0.15) is 0 Å². The summed E-state index contributed by atoms with van der Waals surface area (Å²) in [5.41, 5.74) is 0.871. The Labute approximate surface area is 156 Å². The molecule has 1 saturated heterocycles.